The zero-order chi connectivity index (χ0) is 12.8. The molecule has 0 aromatic rings. The van der Waals surface area contributed by atoms with Crippen molar-refractivity contribution in [1.29, 1.82) is 10.7 Å². The van der Waals surface area contributed by atoms with E-state index in [2.05, 4.69) is 11.4 Å². The van der Waals surface area contributed by atoms with Crippen molar-refractivity contribution in [2.75, 3.05) is 13.2 Å². The fraction of sp³-hybridized carbons (Fsp3) is 0.600. The zero-order valence-electron chi connectivity index (χ0n) is 9.39. The van der Waals surface area contributed by atoms with E-state index < -0.39 is 6.23 Å². The summed E-state index contributed by atoms with van der Waals surface area (Å²) < 4.78 is 5.25. The van der Waals surface area contributed by atoms with Crippen LogP contribution in [0.25, 0.3) is 0 Å². The highest BCUT2D eigenvalue weighted by Gasteiger charge is 2.24. The van der Waals surface area contributed by atoms with Gasteiger partial charge < -0.3 is 26.6 Å². The van der Waals surface area contributed by atoms with Crippen LogP contribution in [0, 0.1) is 22.7 Å². The summed E-state index contributed by atoms with van der Waals surface area (Å²) in [7, 11) is 0. The molecule has 0 saturated carbocycles. The van der Waals surface area contributed by atoms with E-state index in [1.54, 1.807) is 0 Å². The molecule has 1 aliphatic heterocycles. The van der Waals surface area contributed by atoms with Gasteiger partial charge in [0.1, 0.15) is 12.1 Å². The lowest BCUT2D eigenvalue weighted by Crippen LogP contribution is -2.42. The number of nitrogens with zero attached hydrogens (tertiary/aromatic N) is 1. The third kappa shape index (κ3) is 3.71. The van der Waals surface area contributed by atoms with Gasteiger partial charge in [0.15, 0.2) is 0 Å². The fourth-order valence-electron chi connectivity index (χ4n) is 1.58. The minimum atomic E-state index is -1.31. The van der Waals surface area contributed by atoms with Gasteiger partial charge in [-0.1, -0.05) is 0 Å². The summed E-state index contributed by atoms with van der Waals surface area (Å²) in [5, 5.41) is 28.3. The van der Waals surface area contributed by atoms with E-state index in [1.165, 1.54) is 6.20 Å². The molecule has 0 aliphatic carbocycles. The van der Waals surface area contributed by atoms with Gasteiger partial charge in [-0.2, -0.15) is 5.26 Å². The predicted octanol–water partition coefficient (Wildman–Crippen LogP) is -1.40. The number of aliphatic hydroxyl groups is 1. The molecule has 7 nitrogen and oxygen atoms in total. The maximum atomic E-state index is 9.19. The first-order valence-electron chi connectivity index (χ1n) is 5.27. The topological polar surface area (TPSA) is 141 Å². The molecule has 1 heterocycles. The molecule has 1 saturated heterocycles. The van der Waals surface area contributed by atoms with Gasteiger partial charge in [0.25, 0.3) is 0 Å². The third-order valence-corrected chi connectivity index (χ3v) is 2.60. The van der Waals surface area contributed by atoms with Crippen molar-refractivity contribution in [2.45, 2.75) is 18.7 Å². The highest BCUT2D eigenvalue weighted by molar-refractivity contribution is 5.95. The van der Waals surface area contributed by atoms with Gasteiger partial charge in [-0.05, 0) is 6.42 Å². The number of nitrogens with two attached hydrogens (primary N) is 2. The molecule has 0 radical (unpaired) electrons. The second-order valence-corrected chi connectivity index (χ2v) is 3.83. The van der Waals surface area contributed by atoms with Crippen molar-refractivity contribution in [3.05, 3.63) is 11.8 Å². The largest absolute Gasteiger partial charge is 0.384 e. The third-order valence-electron chi connectivity index (χ3n) is 2.60. The number of nitrogens with one attached hydrogen (secondary N) is 2. The summed E-state index contributed by atoms with van der Waals surface area (Å²) in [4.78, 5) is 0. The van der Waals surface area contributed by atoms with Gasteiger partial charge in [-0.15, -0.1) is 0 Å². The number of nitriles is 1. The Morgan fingerprint density at radius 2 is 2.41 bits per heavy atom. The molecule has 1 rings (SSSR count). The van der Waals surface area contributed by atoms with Crippen molar-refractivity contribution in [1.82, 2.24) is 5.32 Å². The smallest absolute Gasteiger partial charge is 0.133 e. The molecule has 7 N–H and O–H groups in total. The van der Waals surface area contributed by atoms with E-state index >= 15 is 0 Å². The molecule has 2 unspecified atom stereocenters. The monoisotopic (exact) mass is 239 g/mol. The predicted molar refractivity (Wildman–Crippen MR) is 61.7 cm³/mol. The average molecular weight is 239 g/mol. The number of aliphatic hydroxyl groups excluding tert-OH is 1. The molecule has 1 fully saturated rings. The van der Waals surface area contributed by atoms with Gasteiger partial charge in [0.05, 0.1) is 30.2 Å². The Morgan fingerprint density at radius 1 is 1.71 bits per heavy atom. The Labute approximate surface area is 99.5 Å². The lowest BCUT2D eigenvalue weighted by molar-refractivity contribution is 0.0556. The molecule has 0 aromatic carbocycles. The molecule has 17 heavy (non-hydrogen) atoms. The molecule has 94 valence electrons. The molecule has 0 amide bonds. The van der Waals surface area contributed by atoms with Crippen LogP contribution in [0.1, 0.15) is 6.42 Å². The Balaban J connectivity index is 2.66. The number of hydrogen-bond donors (Lipinski definition) is 5. The van der Waals surface area contributed by atoms with E-state index in [9.17, 15) is 5.11 Å². The van der Waals surface area contributed by atoms with Crippen LogP contribution < -0.4 is 16.8 Å². The lowest BCUT2D eigenvalue weighted by Gasteiger charge is -2.27. The zero-order valence-corrected chi connectivity index (χ0v) is 9.39. The van der Waals surface area contributed by atoms with Gasteiger partial charge in [0.2, 0.25) is 0 Å². The molecular weight excluding hydrogens is 222 g/mol. The quantitative estimate of drug-likeness (QED) is 0.232. The normalized spacial score (nSPS) is 27.0. The minimum Gasteiger partial charge on any atom is -0.384 e. The first-order chi connectivity index (χ1) is 8.06. The van der Waals surface area contributed by atoms with Crippen LogP contribution in [0.3, 0.4) is 0 Å². The van der Waals surface area contributed by atoms with Crippen LogP contribution in [0.15, 0.2) is 11.8 Å². The van der Waals surface area contributed by atoms with Crippen molar-refractivity contribution < 1.29 is 9.84 Å². The van der Waals surface area contributed by atoms with Gasteiger partial charge in [-0.25, -0.2) is 0 Å². The van der Waals surface area contributed by atoms with E-state index in [-0.39, 0.29) is 23.4 Å². The van der Waals surface area contributed by atoms with Crippen LogP contribution in [0.5, 0.6) is 0 Å². The van der Waals surface area contributed by atoms with E-state index in [4.69, 9.17) is 26.9 Å². The summed E-state index contributed by atoms with van der Waals surface area (Å²) in [5.41, 5.74) is 10.6. The molecule has 0 spiro atoms. The van der Waals surface area contributed by atoms with Crippen LogP contribution in [-0.2, 0) is 4.74 Å². The number of ether oxygens (including phenoxy) is 1. The number of hydrogen-bond acceptors (Lipinski definition) is 6. The number of rotatable bonds is 4. The van der Waals surface area contributed by atoms with Crippen LogP contribution in [0.4, 0.5) is 0 Å². The summed E-state index contributed by atoms with van der Waals surface area (Å²) in [6, 6.07) is 2.01. The van der Waals surface area contributed by atoms with Crippen molar-refractivity contribution in [3.63, 3.8) is 0 Å². The molecule has 0 aromatic heterocycles. The maximum absolute atomic E-state index is 9.19. The molecule has 0 bridgehead atoms. The van der Waals surface area contributed by atoms with Crippen molar-refractivity contribution in [3.8, 4) is 6.07 Å². The lowest BCUT2D eigenvalue weighted by atomic mass is 9.96. The second kappa shape index (κ2) is 6.20. The molecular formula is C10H17N5O2. The second-order valence-electron chi connectivity index (χ2n) is 3.83. The minimum absolute atomic E-state index is 0.0901. The fourth-order valence-corrected chi connectivity index (χ4v) is 1.58. The molecule has 7 heteroatoms. The van der Waals surface area contributed by atoms with E-state index in [1.807, 2.05) is 0 Å². The van der Waals surface area contributed by atoms with Crippen molar-refractivity contribution in [2.24, 2.45) is 17.4 Å². The number of amidine groups is 1. The maximum Gasteiger partial charge on any atom is 0.133 e. The standard InChI is InChI=1S/C10H17N5O2/c11-3-6-1-2-17-5-8(6)15-4-7(9(12)13)10(14)16/h4,6,8,10,15-16H,1-2,5,14H2,(H3,12,13)/b7-4+/t6-,8?,10?/m1/s1. The van der Waals surface area contributed by atoms with Gasteiger partial charge >= 0.3 is 0 Å². The Bertz CT molecular complexity index is 347. The van der Waals surface area contributed by atoms with E-state index in [0.717, 1.165) is 0 Å². The van der Waals surface area contributed by atoms with Gasteiger partial charge in [-0.3, -0.25) is 5.41 Å². The Hall–Kier alpha value is -1.62. The van der Waals surface area contributed by atoms with Crippen LogP contribution >= 0.6 is 0 Å². The van der Waals surface area contributed by atoms with Gasteiger partial charge in [0, 0.05) is 12.8 Å². The Kier molecular flexibility index (Phi) is 4.90. The highest BCUT2D eigenvalue weighted by Crippen LogP contribution is 2.14. The first-order valence-corrected chi connectivity index (χ1v) is 5.27. The molecule has 1 aliphatic rings. The highest BCUT2D eigenvalue weighted by atomic mass is 16.5. The summed E-state index contributed by atoms with van der Waals surface area (Å²) >= 11 is 0. The Morgan fingerprint density at radius 3 is 2.94 bits per heavy atom. The first kappa shape index (κ1) is 13.4. The van der Waals surface area contributed by atoms with Crippen LogP contribution in [0.2, 0.25) is 0 Å². The van der Waals surface area contributed by atoms with E-state index in [0.29, 0.717) is 19.6 Å². The SMILES string of the molecule is N#C[C@H]1CCOCC1N/C=C(\C(=N)N)C(N)O. The van der Waals surface area contributed by atoms with Crippen molar-refractivity contribution >= 4 is 5.84 Å². The van der Waals surface area contributed by atoms with Crippen LogP contribution in [-0.4, -0.2) is 36.4 Å². The average Bonchev–Trinajstić information content (AvgIpc) is 2.29. The summed E-state index contributed by atoms with van der Waals surface area (Å²) in [6.07, 6.45) is 0.712. The summed E-state index contributed by atoms with van der Waals surface area (Å²) in [6.45, 7) is 0.972. The summed E-state index contributed by atoms with van der Waals surface area (Å²) in [5.74, 6) is -0.471. The molecule has 3 atom stereocenters.